The van der Waals surface area contributed by atoms with Gasteiger partial charge in [0.15, 0.2) is 0 Å². The van der Waals surface area contributed by atoms with Gasteiger partial charge >= 0.3 is 0 Å². The highest BCUT2D eigenvalue weighted by Crippen LogP contribution is 2.30. The molecule has 1 aliphatic rings. The monoisotopic (exact) mass is 229 g/mol. The van der Waals surface area contributed by atoms with Crippen LogP contribution in [0.25, 0.3) is 5.57 Å². The fourth-order valence-electron chi connectivity index (χ4n) is 1.82. The van der Waals surface area contributed by atoms with Crippen molar-refractivity contribution in [2.75, 3.05) is 13.6 Å². The maximum absolute atomic E-state index is 11.8. The van der Waals surface area contributed by atoms with Crippen molar-refractivity contribution in [2.45, 2.75) is 19.8 Å². The summed E-state index contributed by atoms with van der Waals surface area (Å²) in [5.74, 6) is 0.604. The largest absolute Gasteiger partial charge is 0.342 e. The van der Waals surface area contributed by atoms with Crippen LogP contribution in [0.3, 0.4) is 0 Å². The number of carbonyl (C=O) groups is 1. The molecular weight excluding hydrogens is 210 g/mol. The number of rotatable bonds is 4. The number of hydrogen-bond acceptors (Lipinski definition) is 1. The molecule has 1 fully saturated rings. The lowest BCUT2D eigenvalue weighted by Gasteiger charge is -2.15. The third-order valence-electron chi connectivity index (χ3n) is 3.20. The maximum atomic E-state index is 11.8. The van der Waals surface area contributed by atoms with Crippen LogP contribution >= 0.6 is 0 Å². The van der Waals surface area contributed by atoms with E-state index in [0.717, 1.165) is 12.8 Å². The third kappa shape index (κ3) is 3.19. The number of amides is 1. The SMILES string of the molecule is C/C(=C/CN(C)C(=O)C1CC1)c1ccccc1. The van der Waals surface area contributed by atoms with E-state index >= 15 is 0 Å². The fraction of sp³-hybridized carbons (Fsp3) is 0.400. The molecule has 17 heavy (non-hydrogen) atoms. The molecule has 1 aromatic rings. The Kier molecular flexibility index (Phi) is 3.62. The third-order valence-corrected chi connectivity index (χ3v) is 3.20. The molecule has 0 N–H and O–H groups in total. The summed E-state index contributed by atoms with van der Waals surface area (Å²) in [4.78, 5) is 13.6. The van der Waals surface area contributed by atoms with Gasteiger partial charge in [-0.1, -0.05) is 36.4 Å². The normalized spacial score (nSPS) is 15.8. The van der Waals surface area contributed by atoms with Gasteiger partial charge in [-0.25, -0.2) is 0 Å². The van der Waals surface area contributed by atoms with Crippen molar-refractivity contribution in [2.24, 2.45) is 5.92 Å². The Morgan fingerprint density at radius 3 is 2.59 bits per heavy atom. The first kappa shape index (κ1) is 11.9. The standard InChI is InChI=1S/C15H19NO/c1-12(13-6-4-3-5-7-13)10-11-16(2)15(17)14-8-9-14/h3-7,10,14H,8-9,11H2,1-2H3/b12-10-. The highest BCUT2D eigenvalue weighted by molar-refractivity contribution is 5.81. The van der Waals surface area contributed by atoms with Crippen molar-refractivity contribution in [3.8, 4) is 0 Å². The molecule has 90 valence electrons. The first-order chi connectivity index (χ1) is 8.18. The molecule has 2 heteroatoms. The van der Waals surface area contributed by atoms with Crippen molar-refractivity contribution < 1.29 is 4.79 Å². The van der Waals surface area contributed by atoms with Crippen LogP contribution in [-0.4, -0.2) is 24.4 Å². The zero-order valence-electron chi connectivity index (χ0n) is 10.5. The van der Waals surface area contributed by atoms with Gasteiger partial charge in [-0.2, -0.15) is 0 Å². The zero-order chi connectivity index (χ0) is 12.3. The Hall–Kier alpha value is -1.57. The summed E-state index contributed by atoms with van der Waals surface area (Å²) in [5.41, 5.74) is 2.45. The Balaban J connectivity index is 1.93. The minimum absolute atomic E-state index is 0.294. The molecule has 0 heterocycles. The van der Waals surface area contributed by atoms with Crippen molar-refractivity contribution >= 4 is 11.5 Å². The number of benzene rings is 1. The number of hydrogen-bond donors (Lipinski definition) is 0. The number of likely N-dealkylation sites (N-methyl/N-ethyl adjacent to an activating group) is 1. The Morgan fingerprint density at radius 2 is 2.00 bits per heavy atom. The molecular formula is C15H19NO. The van der Waals surface area contributed by atoms with Crippen LogP contribution in [0.5, 0.6) is 0 Å². The van der Waals surface area contributed by atoms with Gasteiger partial charge in [0, 0.05) is 19.5 Å². The van der Waals surface area contributed by atoms with E-state index in [1.165, 1.54) is 11.1 Å². The van der Waals surface area contributed by atoms with E-state index in [2.05, 4.69) is 25.1 Å². The fourth-order valence-corrected chi connectivity index (χ4v) is 1.82. The smallest absolute Gasteiger partial charge is 0.225 e. The Morgan fingerprint density at radius 1 is 1.35 bits per heavy atom. The highest BCUT2D eigenvalue weighted by Gasteiger charge is 2.31. The molecule has 0 bridgehead atoms. The van der Waals surface area contributed by atoms with Crippen LogP contribution < -0.4 is 0 Å². The summed E-state index contributed by atoms with van der Waals surface area (Å²) in [6.45, 7) is 2.79. The first-order valence-corrected chi connectivity index (χ1v) is 6.15. The molecule has 1 aromatic carbocycles. The average molecular weight is 229 g/mol. The summed E-state index contributed by atoms with van der Waals surface area (Å²) < 4.78 is 0. The lowest BCUT2D eigenvalue weighted by atomic mass is 10.1. The van der Waals surface area contributed by atoms with Gasteiger partial charge in [0.1, 0.15) is 0 Å². The van der Waals surface area contributed by atoms with Crippen LogP contribution in [0, 0.1) is 5.92 Å². The molecule has 0 aromatic heterocycles. The molecule has 2 nitrogen and oxygen atoms in total. The van der Waals surface area contributed by atoms with E-state index in [0.29, 0.717) is 18.4 Å². The van der Waals surface area contributed by atoms with Gasteiger partial charge in [0.05, 0.1) is 0 Å². The van der Waals surface area contributed by atoms with E-state index in [1.54, 1.807) is 0 Å². The molecule has 0 saturated heterocycles. The van der Waals surface area contributed by atoms with Gasteiger partial charge < -0.3 is 4.90 Å². The number of carbonyl (C=O) groups excluding carboxylic acids is 1. The predicted octanol–water partition coefficient (Wildman–Crippen LogP) is 2.96. The molecule has 2 rings (SSSR count). The van der Waals surface area contributed by atoms with E-state index < -0.39 is 0 Å². The van der Waals surface area contributed by atoms with Gasteiger partial charge in [-0.05, 0) is 30.9 Å². The minimum Gasteiger partial charge on any atom is -0.342 e. The van der Waals surface area contributed by atoms with Gasteiger partial charge in [-0.15, -0.1) is 0 Å². The summed E-state index contributed by atoms with van der Waals surface area (Å²) in [5, 5.41) is 0. The molecule has 0 radical (unpaired) electrons. The number of nitrogens with zero attached hydrogens (tertiary/aromatic N) is 1. The topological polar surface area (TPSA) is 20.3 Å². The van der Waals surface area contributed by atoms with Crippen molar-refractivity contribution in [1.29, 1.82) is 0 Å². The van der Waals surface area contributed by atoms with Gasteiger partial charge in [0.2, 0.25) is 5.91 Å². The van der Waals surface area contributed by atoms with Gasteiger partial charge in [-0.3, -0.25) is 4.79 Å². The van der Waals surface area contributed by atoms with Crippen LogP contribution in [0.4, 0.5) is 0 Å². The maximum Gasteiger partial charge on any atom is 0.225 e. The quantitative estimate of drug-likeness (QED) is 0.777. The lowest BCUT2D eigenvalue weighted by molar-refractivity contribution is -0.130. The van der Waals surface area contributed by atoms with Crippen LogP contribution in [0.1, 0.15) is 25.3 Å². The highest BCUT2D eigenvalue weighted by atomic mass is 16.2. The Labute approximate surface area is 103 Å². The van der Waals surface area contributed by atoms with Gasteiger partial charge in [0.25, 0.3) is 0 Å². The molecule has 1 saturated carbocycles. The van der Waals surface area contributed by atoms with E-state index in [4.69, 9.17) is 0 Å². The predicted molar refractivity (Wildman–Crippen MR) is 70.5 cm³/mol. The zero-order valence-corrected chi connectivity index (χ0v) is 10.5. The molecule has 1 aliphatic carbocycles. The molecule has 1 amide bonds. The molecule has 0 unspecified atom stereocenters. The van der Waals surface area contributed by atoms with Crippen molar-refractivity contribution in [3.63, 3.8) is 0 Å². The van der Waals surface area contributed by atoms with E-state index in [-0.39, 0.29) is 0 Å². The first-order valence-electron chi connectivity index (χ1n) is 6.15. The number of allylic oxidation sites excluding steroid dienone is 1. The van der Waals surface area contributed by atoms with E-state index in [1.807, 2.05) is 30.1 Å². The summed E-state index contributed by atoms with van der Waals surface area (Å²) in [7, 11) is 1.88. The second kappa shape index (κ2) is 5.17. The second-order valence-corrected chi connectivity index (χ2v) is 4.75. The summed E-state index contributed by atoms with van der Waals surface area (Å²) in [6, 6.07) is 10.3. The molecule has 0 spiro atoms. The van der Waals surface area contributed by atoms with Crippen LogP contribution in [0.15, 0.2) is 36.4 Å². The average Bonchev–Trinajstić information content (AvgIpc) is 3.20. The lowest BCUT2D eigenvalue weighted by Crippen LogP contribution is -2.28. The van der Waals surface area contributed by atoms with E-state index in [9.17, 15) is 4.79 Å². The summed E-state index contributed by atoms with van der Waals surface area (Å²) >= 11 is 0. The van der Waals surface area contributed by atoms with Crippen LogP contribution in [0.2, 0.25) is 0 Å². The van der Waals surface area contributed by atoms with Crippen molar-refractivity contribution in [1.82, 2.24) is 4.90 Å². The second-order valence-electron chi connectivity index (χ2n) is 4.75. The van der Waals surface area contributed by atoms with Crippen molar-refractivity contribution in [3.05, 3.63) is 42.0 Å². The summed E-state index contributed by atoms with van der Waals surface area (Å²) in [6.07, 6.45) is 4.27. The molecule has 0 aliphatic heterocycles. The van der Waals surface area contributed by atoms with Crippen LogP contribution in [-0.2, 0) is 4.79 Å². The molecule has 0 atom stereocenters. The minimum atomic E-state index is 0.294. The Bertz CT molecular complexity index is 418.